The Hall–Kier alpha value is -2.65. The molecule has 1 fully saturated rings. The molecule has 0 unspecified atom stereocenters. The van der Waals surface area contributed by atoms with Crippen LogP contribution in [0.4, 0.5) is 5.69 Å². The number of rotatable bonds is 4. The average Bonchev–Trinajstić information content (AvgIpc) is 2.70. The summed E-state index contributed by atoms with van der Waals surface area (Å²) in [6.45, 7) is 1.15. The van der Waals surface area contributed by atoms with Crippen LogP contribution < -0.4 is 5.32 Å². The van der Waals surface area contributed by atoms with Crippen molar-refractivity contribution >= 4 is 33.4 Å². The molecule has 2 aromatic rings. The number of anilines is 1. The zero-order chi connectivity index (χ0) is 19.2. The second kappa shape index (κ2) is 8.83. The van der Waals surface area contributed by atoms with Crippen molar-refractivity contribution in [1.29, 1.82) is 5.26 Å². The van der Waals surface area contributed by atoms with Gasteiger partial charge in [-0.15, -0.1) is 0 Å². The fraction of sp³-hybridized carbons (Fsp3) is 0.286. The van der Waals surface area contributed by atoms with Crippen LogP contribution in [0.3, 0.4) is 0 Å². The van der Waals surface area contributed by atoms with Crippen molar-refractivity contribution in [2.24, 2.45) is 5.92 Å². The topological polar surface area (TPSA) is 73.2 Å². The van der Waals surface area contributed by atoms with E-state index >= 15 is 0 Å². The first-order valence-corrected chi connectivity index (χ1v) is 9.67. The number of nitrogens with one attached hydrogen (secondary N) is 1. The quantitative estimate of drug-likeness (QED) is 0.803. The van der Waals surface area contributed by atoms with Crippen LogP contribution in [-0.2, 0) is 11.2 Å². The highest BCUT2D eigenvalue weighted by molar-refractivity contribution is 9.10. The van der Waals surface area contributed by atoms with Gasteiger partial charge in [-0.05, 0) is 54.8 Å². The van der Waals surface area contributed by atoms with E-state index in [-0.39, 0.29) is 17.7 Å². The lowest BCUT2D eigenvalue weighted by molar-refractivity contribution is -0.121. The fourth-order valence-electron chi connectivity index (χ4n) is 3.16. The molecule has 1 saturated heterocycles. The molecule has 6 heteroatoms. The molecule has 2 aromatic carbocycles. The number of benzene rings is 2. The summed E-state index contributed by atoms with van der Waals surface area (Å²) in [6.07, 6.45) is 1.67. The standard InChI is InChI=1S/C21H20BrN3O2/c22-18-5-3-17(4-6-18)21(27)25-13-10-16(11-14-25)20(26)24-19-7-1-15(2-8-19)9-12-23/h1-8,16H,9-11,13-14H2,(H,24,26). The lowest BCUT2D eigenvalue weighted by Gasteiger charge is -2.31. The first kappa shape index (κ1) is 19.1. The van der Waals surface area contributed by atoms with Crippen LogP contribution in [0.5, 0.6) is 0 Å². The largest absolute Gasteiger partial charge is 0.339 e. The van der Waals surface area contributed by atoms with Gasteiger partial charge in [-0.25, -0.2) is 0 Å². The monoisotopic (exact) mass is 425 g/mol. The molecule has 0 atom stereocenters. The molecule has 138 valence electrons. The van der Waals surface area contributed by atoms with Gasteiger partial charge in [0.15, 0.2) is 0 Å². The summed E-state index contributed by atoms with van der Waals surface area (Å²) in [5.74, 6) is -0.106. The van der Waals surface area contributed by atoms with Gasteiger partial charge in [0, 0.05) is 34.7 Å². The predicted octanol–water partition coefficient (Wildman–Crippen LogP) is 4.01. The Labute approximate surface area is 167 Å². The van der Waals surface area contributed by atoms with E-state index in [1.54, 1.807) is 12.1 Å². The Kier molecular flexibility index (Phi) is 6.25. The molecule has 5 nitrogen and oxygen atoms in total. The molecule has 0 saturated carbocycles. The molecule has 0 aromatic heterocycles. The van der Waals surface area contributed by atoms with Crippen molar-refractivity contribution in [1.82, 2.24) is 4.90 Å². The first-order chi connectivity index (χ1) is 13.1. The molecular weight excluding hydrogens is 406 g/mol. The smallest absolute Gasteiger partial charge is 0.253 e. The van der Waals surface area contributed by atoms with Gasteiger partial charge in [0.1, 0.15) is 0 Å². The Morgan fingerprint density at radius 3 is 2.30 bits per heavy atom. The van der Waals surface area contributed by atoms with Crippen LogP contribution in [-0.4, -0.2) is 29.8 Å². The van der Waals surface area contributed by atoms with E-state index in [9.17, 15) is 9.59 Å². The molecule has 2 amide bonds. The van der Waals surface area contributed by atoms with E-state index < -0.39 is 0 Å². The maximum Gasteiger partial charge on any atom is 0.253 e. The van der Waals surface area contributed by atoms with Crippen molar-refractivity contribution in [3.8, 4) is 6.07 Å². The van der Waals surface area contributed by atoms with E-state index in [4.69, 9.17) is 5.26 Å². The number of piperidine rings is 1. The van der Waals surface area contributed by atoms with E-state index in [0.717, 1.165) is 15.7 Å². The van der Waals surface area contributed by atoms with Crippen LogP contribution >= 0.6 is 15.9 Å². The van der Waals surface area contributed by atoms with Crippen molar-refractivity contribution in [3.05, 3.63) is 64.1 Å². The number of likely N-dealkylation sites (tertiary alicyclic amines) is 1. The summed E-state index contributed by atoms with van der Waals surface area (Å²) in [4.78, 5) is 26.9. The number of carbonyl (C=O) groups excluding carboxylic acids is 2. The molecular formula is C21H20BrN3O2. The van der Waals surface area contributed by atoms with Crippen LogP contribution in [0.15, 0.2) is 53.0 Å². The zero-order valence-electron chi connectivity index (χ0n) is 14.8. The molecule has 1 N–H and O–H groups in total. The Balaban J connectivity index is 1.52. The predicted molar refractivity (Wildman–Crippen MR) is 107 cm³/mol. The summed E-state index contributed by atoms with van der Waals surface area (Å²) >= 11 is 3.37. The third-order valence-electron chi connectivity index (χ3n) is 4.75. The maximum atomic E-state index is 12.6. The van der Waals surface area contributed by atoms with Crippen LogP contribution in [0, 0.1) is 17.2 Å². The SMILES string of the molecule is N#CCc1ccc(NC(=O)C2CCN(C(=O)c3ccc(Br)cc3)CC2)cc1. The van der Waals surface area contributed by atoms with Gasteiger partial charge >= 0.3 is 0 Å². The maximum absolute atomic E-state index is 12.6. The number of carbonyl (C=O) groups is 2. The van der Waals surface area contributed by atoms with E-state index in [1.165, 1.54) is 0 Å². The number of halogens is 1. The van der Waals surface area contributed by atoms with Crippen LogP contribution in [0.2, 0.25) is 0 Å². The molecule has 1 aliphatic heterocycles. The van der Waals surface area contributed by atoms with Gasteiger partial charge in [0.2, 0.25) is 5.91 Å². The summed E-state index contributed by atoms with van der Waals surface area (Å²) < 4.78 is 0.940. The second-order valence-electron chi connectivity index (χ2n) is 6.59. The lowest BCUT2D eigenvalue weighted by Crippen LogP contribution is -2.41. The molecule has 0 spiro atoms. The van der Waals surface area contributed by atoms with Gasteiger partial charge in [0.25, 0.3) is 5.91 Å². The minimum atomic E-state index is -0.0993. The summed E-state index contributed by atoms with van der Waals surface area (Å²) in [7, 11) is 0. The normalized spacial score (nSPS) is 14.4. The lowest BCUT2D eigenvalue weighted by atomic mass is 9.95. The average molecular weight is 426 g/mol. The van der Waals surface area contributed by atoms with Gasteiger partial charge in [-0.1, -0.05) is 28.1 Å². The van der Waals surface area contributed by atoms with Crippen LogP contribution in [0.25, 0.3) is 0 Å². The van der Waals surface area contributed by atoms with E-state index in [0.29, 0.717) is 37.9 Å². The van der Waals surface area contributed by atoms with Crippen molar-refractivity contribution in [2.75, 3.05) is 18.4 Å². The minimum absolute atomic E-state index is 0.00874. The van der Waals surface area contributed by atoms with Crippen molar-refractivity contribution in [2.45, 2.75) is 19.3 Å². The first-order valence-electron chi connectivity index (χ1n) is 8.88. The number of amides is 2. The van der Waals surface area contributed by atoms with Crippen LogP contribution in [0.1, 0.15) is 28.8 Å². The van der Waals surface area contributed by atoms with Crippen molar-refractivity contribution < 1.29 is 9.59 Å². The number of hydrogen-bond donors (Lipinski definition) is 1. The summed E-state index contributed by atoms with van der Waals surface area (Å²) in [6, 6.07) is 16.8. The third kappa shape index (κ3) is 4.95. The Morgan fingerprint density at radius 1 is 1.07 bits per heavy atom. The molecule has 1 heterocycles. The molecule has 0 aliphatic carbocycles. The van der Waals surface area contributed by atoms with Gasteiger partial charge < -0.3 is 10.2 Å². The number of nitrogens with zero attached hydrogens (tertiary/aromatic N) is 2. The van der Waals surface area contributed by atoms with Gasteiger partial charge in [0.05, 0.1) is 12.5 Å². The zero-order valence-corrected chi connectivity index (χ0v) is 16.4. The Morgan fingerprint density at radius 2 is 1.70 bits per heavy atom. The van der Waals surface area contributed by atoms with E-state index in [1.807, 2.05) is 41.3 Å². The molecule has 0 radical (unpaired) electrons. The molecule has 1 aliphatic rings. The number of hydrogen-bond acceptors (Lipinski definition) is 3. The summed E-state index contributed by atoms with van der Waals surface area (Å²) in [5, 5.41) is 11.6. The Bertz CT molecular complexity index is 848. The highest BCUT2D eigenvalue weighted by Gasteiger charge is 2.27. The molecule has 0 bridgehead atoms. The highest BCUT2D eigenvalue weighted by Crippen LogP contribution is 2.22. The second-order valence-corrected chi connectivity index (χ2v) is 7.51. The van der Waals surface area contributed by atoms with Crippen molar-refractivity contribution in [3.63, 3.8) is 0 Å². The third-order valence-corrected chi connectivity index (χ3v) is 5.28. The molecule has 27 heavy (non-hydrogen) atoms. The highest BCUT2D eigenvalue weighted by atomic mass is 79.9. The van der Waals surface area contributed by atoms with Gasteiger partial charge in [-0.2, -0.15) is 5.26 Å². The number of nitriles is 1. The van der Waals surface area contributed by atoms with Gasteiger partial charge in [-0.3, -0.25) is 9.59 Å². The molecule has 3 rings (SSSR count). The van der Waals surface area contributed by atoms with E-state index in [2.05, 4.69) is 27.3 Å². The summed E-state index contributed by atoms with van der Waals surface area (Å²) in [5.41, 5.74) is 2.32. The fourth-order valence-corrected chi connectivity index (χ4v) is 3.43. The minimum Gasteiger partial charge on any atom is -0.339 e.